The molecule has 5 heteroatoms. The SMILES string of the molecule is C=CCOC(CC)N(C)CC(O)O.Cl. The maximum absolute atomic E-state index is 8.73. The molecule has 0 amide bonds. The van der Waals surface area contributed by atoms with E-state index in [2.05, 4.69) is 6.58 Å². The summed E-state index contributed by atoms with van der Waals surface area (Å²) in [6.45, 7) is 6.19. The van der Waals surface area contributed by atoms with E-state index in [4.69, 9.17) is 14.9 Å². The highest BCUT2D eigenvalue weighted by molar-refractivity contribution is 5.85. The predicted molar refractivity (Wildman–Crippen MR) is 58.3 cm³/mol. The van der Waals surface area contributed by atoms with Gasteiger partial charge >= 0.3 is 0 Å². The lowest BCUT2D eigenvalue weighted by molar-refractivity contribution is -0.104. The molecule has 0 heterocycles. The third-order valence-corrected chi connectivity index (χ3v) is 1.70. The Hall–Kier alpha value is -0.130. The molecule has 0 spiro atoms. The van der Waals surface area contributed by atoms with Crippen molar-refractivity contribution in [2.75, 3.05) is 20.2 Å². The van der Waals surface area contributed by atoms with Gasteiger partial charge in [-0.15, -0.1) is 19.0 Å². The number of aliphatic hydroxyl groups is 2. The maximum Gasteiger partial charge on any atom is 0.164 e. The highest BCUT2D eigenvalue weighted by atomic mass is 35.5. The van der Waals surface area contributed by atoms with Gasteiger partial charge in [0.25, 0.3) is 0 Å². The summed E-state index contributed by atoms with van der Waals surface area (Å²) < 4.78 is 5.39. The van der Waals surface area contributed by atoms with Crippen molar-refractivity contribution in [1.82, 2.24) is 4.90 Å². The Labute approximate surface area is 91.6 Å². The molecule has 0 radical (unpaired) electrons. The molecule has 0 aromatic rings. The Morgan fingerprint density at radius 3 is 2.43 bits per heavy atom. The zero-order valence-electron chi connectivity index (χ0n) is 8.72. The molecule has 0 bridgehead atoms. The second-order valence-corrected chi connectivity index (χ2v) is 2.91. The van der Waals surface area contributed by atoms with E-state index in [0.717, 1.165) is 6.42 Å². The van der Waals surface area contributed by atoms with Crippen LogP contribution in [0.3, 0.4) is 0 Å². The quantitative estimate of drug-likeness (QED) is 0.492. The highest BCUT2D eigenvalue weighted by Crippen LogP contribution is 2.03. The summed E-state index contributed by atoms with van der Waals surface area (Å²) in [4.78, 5) is 1.76. The Morgan fingerprint density at radius 1 is 1.50 bits per heavy atom. The molecular weight excluding hydrogens is 206 g/mol. The molecule has 0 aliphatic heterocycles. The van der Waals surface area contributed by atoms with E-state index >= 15 is 0 Å². The molecule has 0 aliphatic carbocycles. The number of aliphatic hydroxyl groups excluding tert-OH is 1. The highest BCUT2D eigenvalue weighted by Gasteiger charge is 2.14. The van der Waals surface area contributed by atoms with Crippen LogP contribution in [-0.4, -0.2) is 47.8 Å². The number of nitrogens with zero attached hydrogens (tertiary/aromatic N) is 1. The zero-order chi connectivity index (χ0) is 10.3. The van der Waals surface area contributed by atoms with Crippen LogP contribution in [0.2, 0.25) is 0 Å². The van der Waals surface area contributed by atoms with Crippen molar-refractivity contribution in [3.63, 3.8) is 0 Å². The van der Waals surface area contributed by atoms with E-state index in [1.54, 1.807) is 18.0 Å². The van der Waals surface area contributed by atoms with Crippen molar-refractivity contribution < 1.29 is 14.9 Å². The number of hydrogen-bond acceptors (Lipinski definition) is 4. The van der Waals surface area contributed by atoms with Gasteiger partial charge in [-0.1, -0.05) is 13.0 Å². The van der Waals surface area contributed by atoms with Crippen molar-refractivity contribution in [2.24, 2.45) is 0 Å². The molecule has 2 N–H and O–H groups in total. The van der Waals surface area contributed by atoms with Gasteiger partial charge in [-0.2, -0.15) is 0 Å². The minimum Gasteiger partial charge on any atom is -0.367 e. The molecule has 0 aromatic heterocycles. The third kappa shape index (κ3) is 7.29. The van der Waals surface area contributed by atoms with E-state index < -0.39 is 6.29 Å². The Balaban J connectivity index is 0. The molecule has 1 atom stereocenters. The summed E-state index contributed by atoms with van der Waals surface area (Å²) in [6, 6.07) is 0. The van der Waals surface area contributed by atoms with Crippen LogP contribution in [0.25, 0.3) is 0 Å². The molecule has 14 heavy (non-hydrogen) atoms. The van der Waals surface area contributed by atoms with Gasteiger partial charge in [0, 0.05) is 0 Å². The topological polar surface area (TPSA) is 52.9 Å². The van der Waals surface area contributed by atoms with Gasteiger partial charge in [0.05, 0.1) is 13.2 Å². The van der Waals surface area contributed by atoms with Crippen LogP contribution in [-0.2, 0) is 4.74 Å². The van der Waals surface area contributed by atoms with E-state index in [9.17, 15) is 0 Å². The molecule has 0 aromatic carbocycles. The summed E-state index contributed by atoms with van der Waals surface area (Å²) in [5.74, 6) is 0. The van der Waals surface area contributed by atoms with E-state index in [1.807, 2.05) is 6.92 Å². The van der Waals surface area contributed by atoms with Crippen LogP contribution in [0.15, 0.2) is 12.7 Å². The lowest BCUT2D eigenvalue weighted by Crippen LogP contribution is -2.38. The second kappa shape index (κ2) is 9.43. The Kier molecular flexibility index (Phi) is 11.0. The Bertz CT molecular complexity index is 144. The molecule has 0 rings (SSSR count). The molecule has 0 saturated carbocycles. The number of likely N-dealkylation sites (N-methyl/N-ethyl adjacent to an activating group) is 1. The van der Waals surface area contributed by atoms with Gasteiger partial charge in [0.15, 0.2) is 6.29 Å². The van der Waals surface area contributed by atoms with Crippen molar-refractivity contribution in [3.8, 4) is 0 Å². The van der Waals surface area contributed by atoms with Crippen molar-refractivity contribution in [2.45, 2.75) is 25.9 Å². The summed E-state index contributed by atoms with van der Waals surface area (Å²) in [6.07, 6.45) is 1.08. The molecular formula is C9H20ClNO3. The summed E-state index contributed by atoms with van der Waals surface area (Å²) >= 11 is 0. The average Bonchev–Trinajstić information content (AvgIpc) is 2.04. The second-order valence-electron chi connectivity index (χ2n) is 2.91. The summed E-state index contributed by atoms with van der Waals surface area (Å²) in [5, 5.41) is 17.5. The number of rotatable bonds is 7. The van der Waals surface area contributed by atoms with Crippen LogP contribution in [0.4, 0.5) is 0 Å². The van der Waals surface area contributed by atoms with Crippen LogP contribution >= 0.6 is 12.4 Å². The maximum atomic E-state index is 8.73. The lowest BCUT2D eigenvalue weighted by atomic mass is 10.3. The summed E-state index contributed by atoms with van der Waals surface area (Å²) in [7, 11) is 1.79. The molecule has 86 valence electrons. The first-order chi connectivity index (χ1) is 6.11. The smallest absolute Gasteiger partial charge is 0.164 e. The normalized spacial score (nSPS) is 12.7. The van der Waals surface area contributed by atoms with Gasteiger partial charge in [0.2, 0.25) is 0 Å². The van der Waals surface area contributed by atoms with Crippen LogP contribution in [0.5, 0.6) is 0 Å². The Morgan fingerprint density at radius 2 is 2.07 bits per heavy atom. The van der Waals surface area contributed by atoms with Gasteiger partial charge in [-0.3, -0.25) is 4.90 Å². The zero-order valence-corrected chi connectivity index (χ0v) is 9.54. The van der Waals surface area contributed by atoms with Gasteiger partial charge in [0.1, 0.15) is 6.23 Å². The molecule has 0 fully saturated rings. The van der Waals surface area contributed by atoms with Gasteiger partial charge in [-0.25, -0.2) is 0 Å². The van der Waals surface area contributed by atoms with Crippen molar-refractivity contribution in [3.05, 3.63) is 12.7 Å². The average molecular weight is 226 g/mol. The number of ether oxygens (including phenoxy) is 1. The summed E-state index contributed by atoms with van der Waals surface area (Å²) in [5.41, 5.74) is 0. The molecule has 0 aliphatic rings. The van der Waals surface area contributed by atoms with Crippen molar-refractivity contribution >= 4 is 12.4 Å². The monoisotopic (exact) mass is 225 g/mol. The first kappa shape index (κ1) is 16.3. The minimum atomic E-state index is -1.31. The first-order valence-corrected chi connectivity index (χ1v) is 4.40. The standard InChI is InChI=1S/C9H19NO3.ClH/c1-4-6-13-8(5-2)10(3)7-9(11)12;/h4,8-9,11-12H,1,5-7H2,2-3H3;1H. The third-order valence-electron chi connectivity index (χ3n) is 1.70. The van der Waals surface area contributed by atoms with E-state index in [-0.39, 0.29) is 25.2 Å². The first-order valence-electron chi connectivity index (χ1n) is 4.40. The fraction of sp³-hybridized carbons (Fsp3) is 0.778. The molecule has 1 unspecified atom stereocenters. The largest absolute Gasteiger partial charge is 0.367 e. The molecule has 4 nitrogen and oxygen atoms in total. The predicted octanol–water partition coefficient (Wildman–Crippen LogP) is 0.589. The molecule has 0 saturated heterocycles. The van der Waals surface area contributed by atoms with E-state index in [0.29, 0.717) is 6.61 Å². The fourth-order valence-electron chi connectivity index (χ4n) is 1.11. The van der Waals surface area contributed by atoms with Gasteiger partial charge in [-0.05, 0) is 13.5 Å². The fourth-order valence-corrected chi connectivity index (χ4v) is 1.11. The van der Waals surface area contributed by atoms with Crippen LogP contribution in [0, 0.1) is 0 Å². The van der Waals surface area contributed by atoms with Gasteiger partial charge < -0.3 is 14.9 Å². The number of hydrogen-bond donors (Lipinski definition) is 2. The van der Waals surface area contributed by atoms with Crippen molar-refractivity contribution in [1.29, 1.82) is 0 Å². The van der Waals surface area contributed by atoms with Crippen LogP contribution in [0.1, 0.15) is 13.3 Å². The lowest BCUT2D eigenvalue weighted by Gasteiger charge is -2.27. The number of halogens is 1. The minimum absolute atomic E-state index is 0. The van der Waals surface area contributed by atoms with Crippen LogP contribution < -0.4 is 0 Å². The van der Waals surface area contributed by atoms with E-state index in [1.165, 1.54) is 0 Å².